The van der Waals surface area contributed by atoms with Crippen molar-refractivity contribution in [1.82, 2.24) is 19.8 Å². The highest BCUT2D eigenvalue weighted by Gasteiger charge is 2.41. The molecule has 1 spiro atoms. The molecule has 2 fully saturated rings. The molecule has 1 amide bonds. The molecule has 0 aliphatic carbocycles. The number of rotatable bonds is 4. The molecule has 28 heavy (non-hydrogen) atoms. The third-order valence-electron chi connectivity index (χ3n) is 5.84. The van der Waals surface area contributed by atoms with E-state index < -0.39 is 0 Å². The molecule has 2 aliphatic heterocycles. The van der Waals surface area contributed by atoms with E-state index in [4.69, 9.17) is 4.74 Å². The topological polar surface area (TPSA) is 61.5 Å². The van der Waals surface area contributed by atoms with E-state index in [1.54, 1.807) is 12.4 Å². The average Bonchev–Trinajstić information content (AvgIpc) is 3.24. The lowest BCUT2D eigenvalue weighted by atomic mass is 9.88. The molecule has 0 unspecified atom stereocenters. The van der Waals surface area contributed by atoms with E-state index in [1.165, 1.54) is 0 Å². The van der Waals surface area contributed by atoms with Crippen LogP contribution in [0.1, 0.15) is 37.0 Å². The van der Waals surface area contributed by atoms with Crippen LogP contribution >= 0.6 is 0 Å². The number of carbonyl (C=O) groups excluding carboxylic acids is 1. The maximum absolute atomic E-state index is 13.4. The van der Waals surface area contributed by atoms with Crippen LogP contribution in [0.4, 0.5) is 0 Å². The molecular weight excluding hydrogens is 352 g/mol. The number of imidazole rings is 1. The third-order valence-corrected chi connectivity index (χ3v) is 5.84. The number of likely N-dealkylation sites (tertiary alicyclic amines) is 1. The SMILES string of the molecule is CC(C)CN1CCC2(CC1)CN(C(=O)c1ccccc1-c1ncc[nH]1)CCO2. The molecule has 1 aromatic heterocycles. The van der Waals surface area contributed by atoms with Crippen LogP contribution in [0.5, 0.6) is 0 Å². The van der Waals surface area contributed by atoms with Crippen molar-refractivity contribution in [3.05, 3.63) is 42.2 Å². The van der Waals surface area contributed by atoms with Gasteiger partial charge in [0.25, 0.3) is 5.91 Å². The zero-order valence-electron chi connectivity index (χ0n) is 16.9. The Morgan fingerprint density at radius 1 is 1.25 bits per heavy atom. The number of ether oxygens (including phenoxy) is 1. The molecule has 0 saturated carbocycles. The number of benzene rings is 1. The molecule has 2 saturated heterocycles. The number of nitrogens with zero attached hydrogens (tertiary/aromatic N) is 3. The van der Waals surface area contributed by atoms with Gasteiger partial charge in [-0.05, 0) is 24.8 Å². The van der Waals surface area contributed by atoms with Gasteiger partial charge in [0.15, 0.2) is 0 Å². The number of hydrogen-bond acceptors (Lipinski definition) is 4. The summed E-state index contributed by atoms with van der Waals surface area (Å²) < 4.78 is 6.24. The summed E-state index contributed by atoms with van der Waals surface area (Å²) in [5, 5.41) is 0. The highest BCUT2D eigenvalue weighted by atomic mass is 16.5. The largest absolute Gasteiger partial charge is 0.371 e. The number of carbonyl (C=O) groups is 1. The van der Waals surface area contributed by atoms with E-state index in [0.29, 0.717) is 31.2 Å². The summed E-state index contributed by atoms with van der Waals surface area (Å²) in [6.07, 6.45) is 5.48. The number of nitrogens with one attached hydrogen (secondary N) is 1. The normalized spacial score (nSPS) is 20.0. The molecule has 1 N–H and O–H groups in total. The van der Waals surface area contributed by atoms with Gasteiger partial charge in [0.1, 0.15) is 5.82 Å². The number of aromatic nitrogens is 2. The molecule has 4 rings (SSSR count). The fraction of sp³-hybridized carbons (Fsp3) is 0.545. The summed E-state index contributed by atoms with van der Waals surface area (Å²) in [6, 6.07) is 7.71. The molecular formula is C22H30N4O2. The summed E-state index contributed by atoms with van der Waals surface area (Å²) in [5.74, 6) is 1.48. The Kier molecular flexibility index (Phi) is 5.51. The Morgan fingerprint density at radius 2 is 2.04 bits per heavy atom. The molecule has 150 valence electrons. The molecule has 0 bridgehead atoms. The van der Waals surface area contributed by atoms with Gasteiger partial charge in [0.2, 0.25) is 0 Å². The van der Waals surface area contributed by atoms with Gasteiger partial charge in [0.05, 0.1) is 24.3 Å². The molecule has 0 atom stereocenters. The summed E-state index contributed by atoms with van der Waals surface area (Å²) >= 11 is 0. The first-order chi connectivity index (χ1) is 13.6. The van der Waals surface area contributed by atoms with Crippen LogP contribution in [-0.4, -0.2) is 70.6 Å². The van der Waals surface area contributed by atoms with E-state index in [9.17, 15) is 4.79 Å². The average molecular weight is 383 g/mol. The van der Waals surface area contributed by atoms with Crippen molar-refractivity contribution in [2.24, 2.45) is 5.92 Å². The maximum Gasteiger partial charge on any atom is 0.254 e. The van der Waals surface area contributed by atoms with Crippen LogP contribution in [0, 0.1) is 5.92 Å². The Morgan fingerprint density at radius 3 is 2.75 bits per heavy atom. The van der Waals surface area contributed by atoms with Gasteiger partial charge in [-0.15, -0.1) is 0 Å². The van der Waals surface area contributed by atoms with Gasteiger partial charge >= 0.3 is 0 Å². The van der Waals surface area contributed by atoms with Crippen LogP contribution in [0.3, 0.4) is 0 Å². The van der Waals surface area contributed by atoms with Gasteiger partial charge in [-0.1, -0.05) is 32.0 Å². The number of hydrogen-bond donors (Lipinski definition) is 1. The van der Waals surface area contributed by atoms with Crippen molar-refractivity contribution in [2.45, 2.75) is 32.3 Å². The van der Waals surface area contributed by atoms with Gasteiger partial charge in [-0.2, -0.15) is 0 Å². The fourth-order valence-corrected chi connectivity index (χ4v) is 4.44. The molecule has 0 radical (unpaired) electrons. The van der Waals surface area contributed by atoms with Crippen LogP contribution in [-0.2, 0) is 4.74 Å². The Hall–Kier alpha value is -2.18. The summed E-state index contributed by atoms with van der Waals surface area (Å²) in [5.41, 5.74) is 1.36. The smallest absolute Gasteiger partial charge is 0.254 e. The van der Waals surface area contributed by atoms with Gasteiger partial charge in [-0.3, -0.25) is 4.79 Å². The van der Waals surface area contributed by atoms with E-state index >= 15 is 0 Å². The molecule has 2 aliphatic rings. The van der Waals surface area contributed by atoms with Crippen LogP contribution in [0.2, 0.25) is 0 Å². The molecule has 3 heterocycles. The quantitative estimate of drug-likeness (QED) is 0.883. The first kappa shape index (κ1) is 19.2. The first-order valence-corrected chi connectivity index (χ1v) is 10.3. The number of aromatic amines is 1. The Bertz CT molecular complexity index is 795. The van der Waals surface area contributed by atoms with Gasteiger partial charge in [0, 0.05) is 44.1 Å². The van der Waals surface area contributed by atoms with Crippen LogP contribution in [0.25, 0.3) is 11.4 Å². The predicted molar refractivity (Wildman–Crippen MR) is 109 cm³/mol. The van der Waals surface area contributed by atoms with Crippen LogP contribution < -0.4 is 0 Å². The monoisotopic (exact) mass is 382 g/mol. The fourth-order valence-electron chi connectivity index (χ4n) is 4.44. The van der Waals surface area contributed by atoms with E-state index in [2.05, 4.69) is 28.7 Å². The number of amides is 1. The molecule has 6 heteroatoms. The Balaban J connectivity index is 1.48. The zero-order chi connectivity index (χ0) is 19.6. The third kappa shape index (κ3) is 3.98. The highest BCUT2D eigenvalue weighted by Crippen LogP contribution is 2.32. The molecule has 2 aromatic rings. The predicted octanol–water partition coefficient (Wildman–Crippen LogP) is 3.04. The summed E-state index contributed by atoms with van der Waals surface area (Å²) in [6.45, 7) is 9.67. The maximum atomic E-state index is 13.4. The van der Waals surface area contributed by atoms with Crippen molar-refractivity contribution in [2.75, 3.05) is 39.3 Å². The van der Waals surface area contributed by atoms with Gasteiger partial charge < -0.3 is 19.5 Å². The second-order valence-corrected chi connectivity index (χ2v) is 8.44. The number of morpholine rings is 1. The van der Waals surface area contributed by atoms with E-state index in [0.717, 1.165) is 43.9 Å². The van der Waals surface area contributed by atoms with Crippen molar-refractivity contribution in [1.29, 1.82) is 0 Å². The van der Waals surface area contributed by atoms with Crippen molar-refractivity contribution in [3.63, 3.8) is 0 Å². The van der Waals surface area contributed by atoms with Crippen LogP contribution in [0.15, 0.2) is 36.7 Å². The highest BCUT2D eigenvalue weighted by molar-refractivity contribution is 6.00. The van der Waals surface area contributed by atoms with Crippen molar-refractivity contribution < 1.29 is 9.53 Å². The minimum absolute atomic E-state index is 0.0688. The minimum Gasteiger partial charge on any atom is -0.371 e. The Labute approximate surface area is 166 Å². The molecule has 6 nitrogen and oxygen atoms in total. The lowest BCUT2D eigenvalue weighted by Crippen LogP contribution is -2.58. The van der Waals surface area contributed by atoms with Crippen molar-refractivity contribution >= 4 is 5.91 Å². The minimum atomic E-state index is -0.193. The van der Waals surface area contributed by atoms with E-state index in [1.807, 2.05) is 29.2 Å². The van der Waals surface area contributed by atoms with Gasteiger partial charge in [-0.25, -0.2) is 4.98 Å². The van der Waals surface area contributed by atoms with E-state index in [-0.39, 0.29) is 11.5 Å². The number of H-pyrrole nitrogens is 1. The second kappa shape index (κ2) is 8.05. The number of piperidine rings is 1. The lowest BCUT2D eigenvalue weighted by molar-refractivity contribution is -0.127. The zero-order valence-corrected chi connectivity index (χ0v) is 16.9. The summed E-state index contributed by atoms with van der Waals surface area (Å²) in [4.78, 5) is 25.3. The lowest BCUT2D eigenvalue weighted by Gasteiger charge is -2.47. The molecule has 1 aromatic carbocycles. The standard InChI is InChI=1S/C22H30N4O2/c1-17(2)15-25-11-7-22(8-12-25)16-26(13-14-28-22)21(27)19-6-4-3-5-18(19)20-23-9-10-24-20/h3-6,9-10,17H,7-8,11-16H2,1-2H3,(H,23,24). The first-order valence-electron chi connectivity index (χ1n) is 10.3. The van der Waals surface area contributed by atoms with Crippen molar-refractivity contribution in [3.8, 4) is 11.4 Å². The second-order valence-electron chi connectivity index (χ2n) is 8.44. The summed E-state index contributed by atoms with van der Waals surface area (Å²) in [7, 11) is 0.